The molecule has 0 atom stereocenters. The summed E-state index contributed by atoms with van der Waals surface area (Å²) in [5, 5.41) is 9.68. The molecule has 1 saturated heterocycles. The van der Waals surface area contributed by atoms with Crippen LogP contribution in [0.2, 0.25) is 0 Å². The lowest BCUT2D eigenvalue weighted by Crippen LogP contribution is -2.48. The minimum atomic E-state index is -3.41. The van der Waals surface area contributed by atoms with Crippen LogP contribution in [0.15, 0.2) is 23.1 Å². The van der Waals surface area contributed by atoms with Crippen molar-refractivity contribution in [2.45, 2.75) is 24.8 Å². The van der Waals surface area contributed by atoms with Gasteiger partial charge in [-0.1, -0.05) is 0 Å². The first kappa shape index (κ1) is 15.1. The van der Waals surface area contributed by atoms with Gasteiger partial charge in [-0.2, -0.15) is 0 Å². The molecule has 1 fully saturated rings. The van der Waals surface area contributed by atoms with E-state index in [0.29, 0.717) is 6.04 Å². The number of phenolic OH excluding ortho intramolecular Hbond substituents is 1. The number of piperazine rings is 1. The number of nitrogens with zero attached hydrogens (tertiary/aromatic N) is 2. The molecule has 0 bridgehead atoms. The van der Waals surface area contributed by atoms with Crippen LogP contribution in [0.1, 0.15) is 13.8 Å². The van der Waals surface area contributed by atoms with Crippen LogP contribution in [0, 0.1) is 0 Å². The molecule has 1 aromatic rings. The Kier molecular flexibility index (Phi) is 4.25. The predicted molar refractivity (Wildman–Crippen MR) is 80.1 cm³/mol. The van der Waals surface area contributed by atoms with E-state index in [9.17, 15) is 13.5 Å². The van der Waals surface area contributed by atoms with E-state index in [-0.39, 0.29) is 10.6 Å². The third-order valence-corrected chi connectivity index (χ3v) is 4.88. The van der Waals surface area contributed by atoms with E-state index in [4.69, 9.17) is 0 Å². The fraction of sp³-hybridized carbons (Fsp3) is 0.571. The number of aromatic hydroxyl groups is 1. The second kappa shape index (κ2) is 5.61. The summed E-state index contributed by atoms with van der Waals surface area (Å²) >= 11 is 0. The molecule has 1 aliphatic rings. The molecule has 0 saturated carbocycles. The van der Waals surface area contributed by atoms with E-state index in [1.165, 1.54) is 6.07 Å². The minimum absolute atomic E-state index is 0.00119. The van der Waals surface area contributed by atoms with E-state index in [2.05, 4.69) is 23.6 Å². The van der Waals surface area contributed by atoms with E-state index in [1.54, 1.807) is 12.1 Å². The lowest BCUT2D eigenvalue weighted by atomic mass is 10.2. The molecule has 0 unspecified atom stereocenters. The van der Waals surface area contributed by atoms with Crippen molar-refractivity contribution < 1.29 is 13.5 Å². The Morgan fingerprint density at radius 3 is 2.25 bits per heavy atom. The molecule has 112 valence electrons. The largest absolute Gasteiger partial charge is 0.507 e. The summed E-state index contributed by atoms with van der Waals surface area (Å²) in [6, 6.07) is 5.33. The van der Waals surface area contributed by atoms with Gasteiger partial charge in [0.15, 0.2) is 9.84 Å². The highest BCUT2D eigenvalue weighted by atomic mass is 32.2. The first-order valence-corrected chi connectivity index (χ1v) is 8.70. The van der Waals surface area contributed by atoms with Gasteiger partial charge < -0.3 is 10.0 Å². The number of phenols is 1. The van der Waals surface area contributed by atoms with Gasteiger partial charge in [0.05, 0.1) is 0 Å². The van der Waals surface area contributed by atoms with Crippen LogP contribution in [0.3, 0.4) is 0 Å². The van der Waals surface area contributed by atoms with Crippen LogP contribution in [-0.2, 0) is 9.84 Å². The third-order valence-electron chi connectivity index (χ3n) is 3.75. The van der Waals surface area contributed by atoms with Crippen LogP contribution in [0.4, 0.5) is 5.69 Å². The zero-order valence-corrected chi connectivity index (χ0v) is 13.0. The van der Waals surface area contributed by atoms with Crippen molar-refractivity contribution in [3.8, 4) is 5.75 Å². The second-order valence-electron chi connectivity index (χ2n) is 5.54. The normalized spacial score (nSPS) is 17.7. The maximum Gasteiger partial charge on any atom is 0.179 e. The lowest BCUT2D eigenvalue weighted by molar-refractivity contribution is 0.209. The van der Waals surface area contributed by atoms with Crippen molar-refractivity contribution >= 4 is 15.5 Å². The highest BCUT2D eigenvalue weighted by Crippen LogP contribution is 2.28. The molecule has 0 aromatic heterocycles. The summed E-state index contributed by atoms with van der Waals surface area (Å²) in [6.45, 7) is 8.02. The first-order valence-electron chi connectivity index (χ1n) is 6.81. The van der Waals surface area contributed by atoms with Crippen molar-refractivity contribution in [1.29, 1.82) is 0 Å². The standard InChI is InChI=1S/C14H22N2O3S/c1-11(2)15-6-8-16(9-7-15)12-4-5-13(17)14(10-12)20(3,18)19/h4-5,10-11,17H,6-9H2,1-3H3. The van der Waals surface area contributed by atoms with E-state index in [1.807, 2.05) is 0 Å². The first-order chi connectivity index (χ1) is 9.29. The highest BCUT2D eigenvalue weighted by molar-refractivity contribution is 7.90. The Morgan fingerprint density at radius 1 is 1.15 bits per heavy atom. The molecule has 0 radical (unpaired) electrons. The zero-order valence-electron chi connectivity index (χ0n) is 12.2. The smallest absolute Gasteiger partial charge is 0.179 e. The zero-order chi connectivity index (χ0) is 14.9. The number of benzene rings is 1. The van der Waals surface area contributed by atoms with Crippen LogP contribution in [0.25, 0.3) is 0 Å². The molecule has 1 heterocycles. The van der Waals surface area contributed by atoms with Crippen molar-refractivity contribution in [2.24, 2.45) is 0 Å². The molecule has 1 aliphatic heterocycles. The molecule has 0 aliphatic carbocycles. The maximum atomic E-state index is 11.6. The summed E-state index contributed by atoms with van der Waals surface area (Å²) in [5.74, 6) is -0.183. The molecule has 0 spiro atoms. The molecule has 1 N–H and O–H groups in total. The number of hydrogen-bond donors (Lipinski definition) is 1. The quantitative estimate of drug-likeness (QED) is 0.912. The fourth-order valence-corrected chi connectivity index (χ4v) is 3.28. The molecular weight excluding hydrogens is 276 g/mol. The summed E-state index contributed by atoms with van der Waals surface area (Å²) in [7, 11) is -3.41. The monoisotopic (exact) mass is 298 g/mol. The molecule has 2 rings (SSSR count). The SMILES string of the molecule is CC(C)N1CCN(c2ccc(O)c(S(C)(=O)=O)c2)CC1. The van der Waals surface area contributed by atoms with Gasteiger partial charge in [0, 0.05) is 44.2 Å². The Balaban J connectivity index is 2.19. The maximum absolute atomic E-state index is 11.6. The van der Waals surface area contributed by atoms with Crippen molar-refractivity contribution in [3.63, 3.8) is 0 Å². The number of hydrogen-bond acceptors (Lipinski definition) is 5. The molecular formula is C14H22N2O3S. The second-order valence-corrected chi connectivity index (χ2v) is 7.53. The number of anilines is 1. The van der Waals surface area contributed by atoms with Crippen LogP contribution in [-0.4, -0.2) is 56.9 Å². The Morgan fingerprint density at radius 2 is 1.75 bits per heavy atom. The van der Waals surface area contributed by atoms with Gasteiger partial charge in [0.25, 0.3) is 0 Å². The van der Waals surface area contributed by atoms with E-state index in [0.717, 1.165) is 38.1 Å². The van der Waals surface area contributed by atoms with Crippen LogP contribution in [0.5, 0.6) is 5.75 Å². The van der Waals surface area contributed by atoms with Gasteiger partial charge in [-0.05, 0) is 32.0 Å². The highest BCUT2D eigenvalue weighted by Gasteiger charge is 2.21. The van der Waals surface area contributed by atoms with Crippen LogP contribution < -0.4 is 4.90 Å². The minimum Gasteiger partial charge on any atom is -0.507 e. The summed E-state index contributed by atoms with van der Waals surface area (Å²) in [5.41, 5.74) is 0.853. The van der Waals surface area contributed by atoms with Gasteiger partial charge in [-0.15, -0.1) is 0 Å². The topological polar surface area (TPSA) is 60.9 Å². The van der Waals surface area contributed by atoms with Gasteiger partial charge in [-0.25, -0.2) is 8.42 Å². The number of rotatable bonds is 3. The van der Waals surface area contributed by atoms with Gasteiger partial charge in [-0.3, -0.25) is 4.90 Å². The van der Waals surface area contributed by atoms with Crippen molar-refractivity contribution in [2.75, 3.05) is 37.3 Å². The average Bonchev–Trinajstić information content (AvgIpc) is 2.38. The van der Waals surface area contributed by atoms with E-state index >= 15 is 0 Å². The summed E-state index contributed by atoms with van der Waals surface area (Å²) < 4.78 is 23.3. The molecule has 20 heavy (non-hydrogen) atoms. The van der Waals surface area contributed by atoms with Gasteiger partial charge in [0.1, 0.15) is 10.6 Å². The molecule has 6 heteroatoms. The van der Waals surface area contributed by atoms with Crippen molar-refractivity contribution in [3.05, 3.63) is 18.2 Å². The lowest BCUT2D eigenvalue weighted by Gasteiger charge is -2.38. The van der Waals surface area contributed by atoms with Gasteiger partial charge in [0.2, 0.25) is 0 Å². The molecule has 5 nitrogen and oxygen atoms in total. The molecule has 0 amide bonds. The number of sulfone groups is 1. The third kappa shape index (κ3) is 3.24. The van der Waals surface area contributed by atoms with Crippen molar-refractivity contribution in [1.82, 2.24) is 4.90 Å². The van der Waals surface area contributed by atoms with Crippen LogP contribution >= 0.6 is 0 Å². The molecule has 1 aromatic carbocycles. The Hall–Kier alpha value is -1.27. The fourth-order valence-electron chi connectivity index (χ4n) is 2.49. The predicted octanol–water partition coefficient (Wildman–Crippen LogP) is 1.33. The van der Waals surface area contributed by atoms with Gasteiger partial charge >= 0.3 is 0 Å². The van der Waals surface area contributed by atoms with E-state index < -0.39 is 9.84 Å². The summed E-state index contributed by atoms with van der Waals surface area (Å²) in [4.78, 5) is 4.56. The average molecular weight is 298 g/mol. The Bertz CT molecular complexity index is 576. The summed E-state index contributed by atoms with van der Waals surface area (Å²) in [6.07, 6.45) is 1.11. The Labute approximate surface area is 120 Å².